The molecule has 0 aromatic heterocycles. The number of benzene rings is 1. The molecule has 0 heterocycles. The largest absolute Gasteiger partial charge is 0.456 e. The van der Waals surface area contributed by atoms with E-state index < -0.39 is 28.4 Å². The maximum Gasteiger partial charge on any atom is 0.307 e. The van der Waals surface area contributed by atoms with E-state index in [0.717, 1.165) is 43.9 Å². The van der Waals surface area contributed by atoms with Crippen molar-refractivity contribution in [2.24, 2.45) is 0 Å². The number of sulfonamides is 1. The van der Waals surface area contributed by atoms with Gasteiger partial charge in [0.05, 0.1) is 16.3 Å². The topological polar surface area (TPSA) is 102 Å². The summed E-state index contributed by atoms with van der Waals surface area (Å²) in [5, 5.41) is 2.50. The van der Waals surface area contributed by atoms with Gasteiger partial charge >= 0.3 is 5.97 Å². The molecule has 0 bridgehead atoms. The minimum atomic E-state index is -3.93. The van der Waals surface area contributed by atoms with Crippen LogP contribution in [0.1, 0.15) is 38.5 Å². The van der Waals surface area contributed by atoms with Crippen molar-refractivity contribution < 1.29 is 27.1 Å². The van der Waals surface area contributed by atoms with Crippen molar-refractivity contribution in [3.8, 4) is 0 Å². The van der Waals surface area contributed by atoms with Crippen LogP contribution >= 0.6 is 11.6 Å². The first-order valence-electron chi connectivity index (χ1n) is 8.67. The summed E-state index contributed by atoms with van der Waals surface area (Å²) < 4.78 is 44.3. The second-order valence-electron chi connectivity index (χ2n) is 6.29. The Balaban J connectivity index is 1.70. The molecule has 150 valence electrons. The number of hydrogen-bond acceptors (Lipinski definition) is 5. The van der Waals surface area contributed by atoms with E-state index in [1.807, 2.05) is 0 Å². The highest BCUT2D eigenvalue weighted by Gasteiger charge is 2.18. The van der Waals surface area contributed by atoms with Crippen LogP contribution in [0.25, 0.3) is 0 Å². The fourth-order valence-electron chi connectivity index (χ4n) is 2.75. The van der Waals surface area contributed by atoms with Gasteiger partial charge < -0.3 is 10.1 Å². The predicted molar refractivity (Wildman–Crippen MR) is 97.2 cm³/mol. The molecule has 0 aliphatic heterocycles. The van der Waals surface area contributed by atoms with Crippen molar-refractivity contribution >= 4 is 33.5 Å². The van der Waals surface area contributed by atoms with Crippen LogP contribution in [0.2, 0.25) is 5.02 Å². The first-order chi connectivity index (χ1) is 12.8. The Bertz CT molecular complexity index is 782. The summed E-state index contributed by atoms with van der Waals surface area (Å²) in [5.41, 5.74) is 0. The van der Waals surface area contributed by atoms with Gasteiger partial charge in [-0.2, -0.15) is 0 Å². The van der Waals surface area contributed by atoms with Crippen molar-refractivity contribution in [2.75, 3.05) is 13.2 Å². The van der Waals surface area contributed by atoms with Gasteiger partial charge in [-0.05, 0) is 31.0 Å². The van der Waals surface area contributed by atoms with Crippen LogP contribution in [0, 0.1) is 5.82 Å². The number of halogens is 2. The first-order valence-corrected chi connectivity index (χ1v) is 10.5. The first kappa shape index (κ1) is 21.6. The molecule has 1 aromatic carbocycles. The molecule has 1 amide bonds. The normalized spacial score (nSPS) is 15.3. The number of hydrogen-bond donors (Lipinski definition) is 2. The van der Waals surface area contributed by atoms with Gasteiger partial charge in [0.25, 0.3) is 5.91 Å². The molecule has 10 heteroatoms. The molecule has 0 saturated heterocycles. The number of carbonyl (C=O) groups is 2. The molecule has 0 radical (unpaired) electrons. The number of rotatable bonds is 8. The maximum atomic E-state index is 13.1. The molecule has 1 aliphatic carbocycles. The van der Waals surface area contributed by atoms with Crippen LogP contribution in [0.5, 0.6) is 0 Å². The summed E-state index contributed by atoms with van der Waals surface area (Å²) in [7, 11) is -3.93. The fraction of sp³-hybridized carbons (Fsp3) is 0.529. The highest BCUT2D eigenvalue weighted by atomic mass is 35.5. The zero-order valence-electron chi connectivity index (χ0n) is 14.7. The summed E-state index contributed by atoms with van der Waals surface area (Å²) in [6.45, 7) is -0.615. The van der Waals surface area contributed by atoms with Crippen molar-refractivity contribution in [1.82, 2.24) is 10.0 Å². The molecule has 7 nitrogen and oxygen atoms in total. The average Bonchev–Trinajstić information content (AvgIpc) is 2.63. The molecule has 1 saturated carbocycles. The Hall–Kier alpha value is -1.71. The molecule has 27 heavy (non-hydrogen) atoms. The van der Waals surface area contributed by atoms with Crippen LogP contribution in [0.15, 0.2) is 23.1 Å². The van der Waals surface area contributed by atoms with E-state index in [0.29, 0.717) is 0 Å². The van der Waals surface area contributed by atoms with Crippen LogP contribution in [-0.4, -0.2) is 39.5 Å². The predicted octanol–water partition coefficient (Wildman–Crippen LogP) is 2.14. The third-order valence-corrected chi connectivity index (χ3v) is 5.91. The molecule has 1 aromatic rings. The maximum absolute atomic E-state index is 13.1. The monoisotopic (exact) mass is 420 g/mol. The van der Waals surface area contributed by atoms with Crippen molar-refractivity contribution in [3.63, 3.8) is 0 Å². The Morgan fingerprint density at radius 1 is 1.22 bits per heavy atom. The molecular weight excluding hydrogens is 399 g/mol. The average molecular weight is 421 g/mol. The molecule has 1 fully saturated rings. The van der Waals surface area contributed by atoms with Gasteiger partial charge in [-0.3, -0.25) is 9.59 Å². The molecule has 2 N–H and O–H groups in total. The fourth-order valence-corrected chi connectivity index (χ4v) is 4.05. The molecule has 0 spiro atoms. The zero-order chi connectivity index (χ0) is 19.9. The lowest BCUT2D eigenvalue weighted by molar-refractivity contribution is -0.148. The quantitative estimate of drug-likeness (QED) is 0.627. The zero-order valence-corrected chi connectivity index (χ0v) is 16.2. The van der Waals surface area contributed by atoms with Crippen LogP contribution in [-0.2, 0) is 24.3 Å². The van der Waals surface area contributed by atoms with E-state index in [4.69, 9.17) is 16.3 Å². The number of nitrogens with one attached hydrogen (secondary N) is 2. The van der Waals surface area contributed by atoms with E-state index in [2.05, 4.69) is 10.0 Å². The van der Waals surface area contributed by atoms with Gasteiger partial charge in [-0.1, -0.05) is 30.9 Å². The lowest BCUT2D eigenvalue weighted by atomic mass is 9.95. The number of ether oxygens (including phenoxy) is 1. The van der Waals surface area contributed by atoms with Gasteiger partial charge in [0.15, 0.2) is 6.61 Å². The Morgan fingerprint density at radius 2 is 1.93 bits per heavy atom. The second kappa shape index (κ2) is 10.0. The molecule has 0 atom stereocenters. The van der Waals surface area contributed by atoms with Gasteiger partial charge in [-0.15, -0.1) is 0 Å². The lowest BCUT2D eigenvalue weighted by Gasteiger charge is -2.22. The van der Waals surface area contributed by atoms with Gasteiger partial charge in [0.2, 0.25) is 10.0 Å². The van der Waals surface area contributed by atoms with Gasteiger partial charge in [-0.25, -0.2) is 17.5 Å². The minimum Gasteiger partial charge on any atom is -0.456 e. The minimum absolute atomic E-state index is 0.124. The molecule has 2 rings (SSSR count). The third kappa shape index (κ3) is 7.08. The highest BCUT2D eigenvalue weighted by Crippen LogP contribution is 2.19. The number of esters is 1. The highest BCUT2D eigenvalue weighted by molar-refractivity contribution is 7.89. The van der Waals surface area contributed by atoms with Crippen molar-refractivity contribution in [1.29, 1.82) is 0 Å². The Morgan fingerprint density at radius 3 is 2.59 bits per heavy atom. The van der Waals surface area contributed by atoms with Crippen LogP contribution < -0.4 is 10.0 Å². The van der Waals surface area contributed by atoms with E-state index in [-0.39, 0.29) is 34.8 Å². The Kier molecular flexibility index (Phi) is 8.00. The molecule has 0 unspecified atom stereocenters. The smallest absolute Gasteiger partial charge is 0.307 e. The van der Waals surface area contributed by atoms with E-state index in [1.54, 1.807) is 0 Å². The lowest BCUT2D eigenvalue weighted by Crippen LogP contribution is -2.38. The number of carbonyl (C=O) groups excluding carboxylic acids is 2. The Labute approximate surface area is 162 Å². The van der Waals surface area contributed by atoms with E-state index in [1.165, 1.54) is 6.42 Å². The second-order valence-corrected chi connectivity index (χ2v) is 8.46. The SMILES string of the molecule is O=C(COC(=O)CCNS(=O)(=O)c1ccc(F)c(Cl)c1)NC1CCCCC1. The summed E-state index contributed by atoms with van der Waals surface area (Å²) in [4.78, 5) is 23.2. The van der Waals surface area contributed by atoms with Crippen LogP contribution in [0.4, 0.5) is 4.39 Å². The summed E-state index contributed by atoms with van der Waals surface area (Å²) in [6.07, 6.45) is 4.92. The van der Waals surface area contributed by atoms with Gasteiger partial charge in [0.1, 0.15) is 5.82 Å². The summed E-state index contributed by atoms with van der Waals surface area (Å²) >= 11 is 5.57. The van der Waals surface area contributed by atoms with Crippen molar-refractivity contribution in [2.45, 2.75) is 49.5 Å². The molecule has 1 aliphatic rings. The van der Waals surface area contributed by atoms with Gasteiger partial charge in [0, 0.05) is 12.6 Å². The summed E-state index contributed by atoms with van der Waals surface area (Å²) in [5.74, 6) is -1.80. The summed E-state index contributed by atoms with van der Waals surface area (Å²) in [6, 6.07) is 3.11. The van der Waals surface area contributed by atoms with E-state index >= 15 is 0 Å². The van der Waals surface area contributed by atoms with Crippen LogP contribution in [0.3, 0.4) is 0 Å². The number of amides is 1. The van der Waals surface area contributed by atoms with E-state index in [9.17, 15) is 22.4 Å². The molecular formula is C17H22ClFN2O5S. The third-order valence-electron chi connectivity index (χ3n) is 4.16. The van der Waals surface area contributed by atoms with Crippen molar-refractivity contribution in [3.05, 3.63) is 29.0 Å². The standard InChI is InChI=1S/C17H22ClFN2O5S/c18-14-10-13(6-7-15(14)19)27(24,25)20-9-8-17(23)26-11-16(22)21-12-4-2-1-3-5-12/h6-7,10,12,20H,1-5,8-9,11H2,(H,21,22).